The fourth-order valence-electron chi connectivity index (χ4n) is 2.09. The predicted octanol–water partition coefficient (Wildman–Crippen LogP) is 5.34. The van der Waals surface area contributed by atoms with Gasteiger partial charge in [0.05, 0.1) is 37.0 Å². The van der Waals surface area contributed by atoms with Gasteiger partial charge < -0.3 is 5.32 Å². The number of nitrogens with one attached hydrogen (secondary N) is 1. The third-order valence-electron chi connectivity index (χ3n) is 3.35. The number of fused-ring (bicyclic) bond motifs is 1. The average Bonchev–Trinajstić information content (AvgIpc) is 3.07. The first kappa shape index (κ1) is 19.8. The van der Waals surface area contributed by atoms with Gasteiger partial charge >= 0.3 is 0 Å². The Labute approximate surface area is 176 Å². The van der Waals surface area contributed by atoms with E-state index in [1.807, 2.05) is 0 Å². The number of halogens is 4. The Morgan fingerprint density at radius 1 is 1.27 bits per heavy atom. The number of carbonyl (C=O) groups is 1. The molecular formula is C15H9Cl4N3O2S2. The zero-order valence-corrected chi connectivity index (χ0v) is 17.6. The van der Waals surface area contributed by atoms with Crippen LogP contribution in [0, 0.1) is 0 Å². The van der Waals surface area contributed by atoms with Crippen LogP contribution in [0.4, 0.5) is 5.69 Å². The molecule has 0 aliphatic carbocycles. The molecule has 0 saturated carbocycles. The van der Waals surface area contributed by atoms with Gasteiger partial charge in [-0.25, -0.2) is 4.98 Å². The molecule has 136 valence electrons. The molecule has 26 heavy (non-hydrogen) atoms. The molecule has 0 saturated heterocycles. The molecule has 0 aliphatic heterocycles. The van der Waals surface area contributed by atoms with E-state index < -0.39 is 5.91 Å². The molecule has 2 heterocycles. The van der Waals surface area contributed by atoms with Crippen LogP contribution in [-0.4, -0.2) is 21.2 Å². The first-order valence-corrected chi connectivity index (χ1v) is 10.4. The van der Waals surface area contributed by atoms with E-state index in [0.29, 0.717) is 15.4 Å². The van der Waals surface area contributed by atoms with Gasteiger partial charge in [-0.3, -0.25) is 14.2 Å². The van der Waals surface area contributed by atoms with Gasteiger partial charge in [0.2, 0.25) is 5.91 Å². The van der Waals surface area contributed by atoms with E-state index in [1.54, 1.807) is 18.5 Å². The summed E-state index contributed by atoms with van der Waals surface area (Å²) in [6.07, 6.45) is 0. The van der Waals surface area contributed by atoms with Crippen molar-refractivity contribution in [1.82, 2.24) is 9.55 Å². The normalized spacial score (nSPS) is 11.1. The SMILES string of the molecule is Cn1c(SCC(=O)Nc2c(Cl)c(Cl)cc(Cl)c2Cl)nc2ccsc2c1=O. The molecule has 0 unspecified atom stereocenters. The van der Waals surface area contributed by atoms with Crippen LogP contribution in [0.25, 0.3) is 10.2 Å². The number of thioether (sulfide) groups is 1. The van der Waals surface area contributed by atoms with Gasteiger partial charge in [-0.1, -0.05) is 58.2 Å². The van der Waals surface area contributed by atoms with Crippen LogP contribution in [0.5, 0.6) is 0 Å². The maximum absolute atomic E-state index is 12.3. The molecule has 11 heteroatoms. The Kier molecular flexibility index (Phi) is 6.06. The van der Waals surface area contributed by atoms with Crippen molar-refractivity contribution in [2.24, 2.45) is 7.05 Å². The van der Waals surface area contributed by atoms with E-state index in [4.69, 9.17) is 46.4 Å². The standard InChI is InChI=1S/C15H9Cl4N3O2S2/c1-22-14(24)13-8(2-3-25-13)20-15(22)26-5-9(23)21-12-10(18)6(16)4-7(17)11(12)19/h2-4H,5H2,1H3,(H,21,23). The Morgan fingerprint density at radius 3 is 2.58 bits per heavy atom. The summed E-state index contributed by atoms with van der Waals surface area (Å²) in [6, 6.07) is 3.16. The number of anilines is 1. The van der Waals surface area contributed by atoms with Gasteiger partial charge in [0, 0.05) is 7.05 Å². The lowest BCUT2D eigenvalue weighted by molar-refractivity contribution is -0.113. The number of thiophene rings is 1. The highest BCUT2D eigenvalue weighted by Gasteiger charge is 2.17. The van der Waals surface area contributed by atoms with Crippen molar-refractivity contribution >= 4 is 91.3 Å². The molecule has 0 spiro atoms. The van der Waals surface area contributed by atoms with E-state index in [0.717, 1.165) is 11.8 Å². The highest BCUT2D eigenvalue weighted by Crippen LogP contribution is 2.41. The second-order valence-corrected chi connectivity index (χ2v) is 8.50. The maximum atomic E-state index is 12.3. The number of benzene rings is 1. The highest BCUT2D eigenvalue weighted by atomic mass is 35.5. The molecule has 2 aromatic heterocycles. The number of aromatic nitrogens is 2. The van der Waals surface area contributed by atoms with Gasteiger partial charge in [-0.2, -0.15) is 0 Å². The fourth-order valence-corrected chi connectivity index (χ4v) is 4.57. The maximum Gasteiger partial charge on any atom is 0.271 e. The van der Waals surface area contributed by atoms with Crippen molar-refractivity contribution in [3.63, 3.8) is 0 Å². The molecule has 1 aromatic carbocycles. The molecule has 1 N–H and O–H groups in total. The summed E-state index contributed by atoms with van der Waals surface area (Å²) in [7, 11) is 1.61. The van der Waals surface area contributed by atoms with Crippen LogP contribution in [0.1, 0.15) is 0 Å². The summed E-state index contributed by atoms with van der Waals surface area (Å²) in [4.78, 5) is 28.9. The molecule has 3 rings (SSSR count). The minimum absolute atomic E-state index is 0.00723. The summed E-state index contributed by atoms with van der Waals surface area (Å²) >= 11 is 26.5. The molecule has 0 radical (unpaired) electrons. The third kappa shape index (κ3) is 3.83. The topological polar surface area (TPSA) is 64.0 Å². The molecule has 0 bridgehead atoms. The molecule has 0 fully saturated rings. The lowest BCUT2D eigenvalue weighted by Crippen LogP contribution is -2.20. The number of nitrogens with zero attached hydrogens (tertiary/aromatic N) is 2. The highest BCUT2D eigenvalue weighted by molar-refractivity contribution is 7.99. The molecular weight excluding hydrogens is 460 g/mol. The van der Waals surface area contributed by atoms with Crippen LogP contribution in [-0.2, 0) is 11.8 Å². The van der Waals surface area contributed by atoms with Crippen molar-refractivity contribution in [3.8, 4) is 0 Å². The molecule has 0 atom stereocenters. The number of rotatable bonds is 4. The van der Waals surface area contributed by atoms with E-state index in [2.05, 4.69) is 10.3 Å². The van der Waals surface area contributed by atoms with Crippen LogP contribution in [0.15, 0.2) is 27.5 Å². The van der Waals surface area contributed by atoms with Gasteiger partial charge in [0.25, 0.3) is 5.56 Å². The Bertz CT molecular complexity index is 1050. The van der Waals surface area contributed by atoms with E-state index in [-0.39, 0.29) is 37.1 Å². The lowest BCUT2D eigenvalue weighted by Gasteiger charge is -2.12. The minimum atomic E-state index is -0.392. The number of hydrogen-bond acceptors (Lipinski definition) is 5. The van der Waals surface area contributed by atoms with Crippen molar-refractivity contribution < 1.29 is 4.79 Å². The lowest BCUT2D eigenvalue weighted by atomic mass is 10.3. The van der Waals surface area contributed by atoms with E-state index >= 15 is 0 Å². The van der Waals surface area contributed by atoms with Crippen LogP contribution < -0.4 is 10.9 Å². The number of hydrogen-bond donors (Lipinski definition) is 1. The van der Waals surface area contributed by atoms with Crippen LogP contribution in [0.3, 0.4) is 0 Å². The number of amides is 1. The van der Waals surface area contributed by atoms with Crippen molar-refractivity contribution in [3.05, 3.63) is 48.0 Å². The fraction of sp³-hybridized carbons (Fsp3) is 0.133. The van der Waals surface area contributed by atoms with Crippen molar-refractivity contribution in [2.45, 2.75) is 5.16 Å². The van der Waals surface area contributed by atoms with Gasteiger partial charge in [-0.05, 0) is 17.5 Å². The summed E-state index contributed by atoms with van der Waals surface area (Å²) in [5, 5.41) is 5.37. The second kappa shape index (κ2) is 7.96. The molecule has 1 amide bonds. The zero-order chi connectivity index (χ0) is 19.0. The van der Waals surface area contributed by atoms with Crippen LogP contribution >= 0.6 is 69.5 Å². The summed E-state index contributed by atoms with van der Waals surface area (Å²) in [5.41, 5.74) is 0.598. The van der Waals surface area contributed by atoms with Gasteiger partial charge in [-0.15, -0.1) is 11.3 Å². The van der Waals surface area contributed by atoms with Gasteiger partial charge in [0.1, 0.15) is 4.70 Å². The minimum Gasteiger partial charge on any atom is -0.323 e. The first-order valence-electron chi connectivity index (χ1n) is 6.99. The average molecular weight is 469 g/mol. The van der Waals surface area contributed by atoms with Gasteiger partial charge in [0.15, 0.2) is 5.16 Å². The summed E-state index contributed by atoms with van der Waals surface area (Å²) in [5.74, 6) is -0.399. The first-order chi connectivity index (χ1) is 12.3. The Balaban J connectivity index is 1.79. The van der Waals surface area contributed by atoms with Crippen LogP contribution in [0.2, 0.25) is 20.1 Å². The quantitative estimate of drug-likeness (QED) is 0.319. The molecule has 5 nitrogen and oxygen atoms in total. The number of carbonyl (C=O) groups excluding carboxylic acids is 1. The largest absolute Gasteiger partial charge is 0.323 e. The van der Waals surface area contributed by atoms with Crippen molar-refractivity contribution in [1.29, 1.82) is 0 Å². The molecule has 3 aromatic rings. The second-order valence-electron chi connectivity index (χ2n) is 5.07. The smallest absolute Gasteiger partial charge is 0.271 e. The Morgan fingerprint density at radius 2 is 1.92 bits per heavy atom. The van der Waals surface area contributed by atoms with Crippen molar-refractivity contribution in [2.75, 3.05) is 11.1 Å². The zero-order valence-electron chi connectivity index (χ0n) is 13.0. The van der Waals surface area contributed by atoms with E-state index in [9.17, 15) is 9.59 Å². The van der Waals surface area contributed by atoms with E-state index in [1.165, 1.54) is 22.0 Å². The summed E-state index contributed by atoms with van der Waals surface area (Å²) in [6.45, 7) is 0. The summed E-state index contributed by atoms with van der Waals surface area (Å²) < 4.78 is 1.99. The third-order valence-corrected chi connectivity index (χ3v) is 6.85. The predicted molar refractivity (Wildman–Crippen MR) is 111 cm³/mol. The molecule has 0 aliphatic rings. The Hall–Kier alpha value is -0.960. The monoisotopic (exact) mass is 467 g/mol.